The molecule has 3 aromatic carbocycles. The highest BCUT2D eigenvalue weighted by molar-refractivity contribution is 5.79. The van der Waals surface area contributed by atoms with E-state index < -0.39 is 18.3 Å². The fourth-order valence-electron chi connectivity index (χ4n) is 4.38. The maximum absolute atomic E-state index is 12.7. The quantitative estimate of drug-likeness (QED) is 0.716. The lowest BCUT2D eigenvalue weighted by Gasteiger charge is -2.19. The molecule has 152 valence electrons. The van der Waals surface area contributed by atoms with Crippen molar-refractivity contribution in [3.05, 3.63) is 90.0 Å². The number of β-amino-alcohol motifs (C(OH)–C–C–N with tert-alkyl or cyclic N) is 1. The molecule has 0 bridgehead atoms. The zero-order valence-corrected chi connectivity index (χ0v) is 16.5. The van der Waals surface area contributed by atoms with E-state index in [4.69, 9.17) is 9.47 Å². The highest BCUT2D eigenvalue weighted by Gasteiger charge is 2.37. The Morgan fingerprint density at radius 1 is 0.867 bits per heavy atom. The van der Waals surface area contributed by atoms with Crippen molar-refractivity contribution in [3.63, 3.8) is 0 Å². The molecule has 5 rings (SSSR count). The molecule has 5 nitrogen and oxygen atoms in total. The Morgan fingerprint density at radius 2 is 1.47 bits per heavy atom. The zero-order valence-electron chi connectivity index (χ0n) is 16.5. The van der Waals surface area contributed by atoms with Crippen LogP contribution in [-0.4, -0.2) is 48.0 Å². The van der Waals surface area contributed by atoms with Crippen LogP contribution in [-0.2, 0) is 4.74 Å². The van der Waals surface area contributed by atoms with E-state index in [0.717, 1.165) is 0 Å². The fourth-order valence-corrected chi connectivity index (χ4v) is 4.38. The molecular formula is C25H23NO4. The number of ether oxygens (including phenoxy) is 2. The van der Waals surface area contributed by atoms with Gasteiger partial charge >= 0.3 is 6.09 Å². The summed E-state index contributed by atoms with van der Waals surface area (Å²) < 4.78 is 11.5. The second-order valence-corrected chi connectivity index (χ2v) is 7.75. The summed E-state index contributed by atoms with van der Waals surface area (Å²) in [5.41, 5.74) is 4.75. The molecular weight excluding hydrogens is 378 g/mol. The molecule has 5 heteroatoms. The number of likely N-dealkylation sites (tertiary alicyclic amines) is 1. The maximum Gasteiger partial charge on any atom is 0.410 e. The molecule has 0 aromatic heterocycles. The minimum Gasteiger partial charge on any atom is -0.486 e. The SMILES string of the molecule is O=C(OCC1c2ccccc2-c2ccccc21)N1C[C@@H](O)[C@H](Oc2ccccc2)C1. The average molecular weight is 401 g/mol. The summed E-state index contributed by atoms with van der Waals surface area (Å²) in [5, 5.41) is 10.3. The van der Waals surface area contributed by atoms with Crippen molar-refractivity contribution in [3.8, 4) is 16.9 Å². The topological polar surface area (TPSA) is 59.0 Å². The maximum atomic E-state index is 12.7. The van der Waals surface area contributed by atoms with Gasteiger partial charge in [-0.25, -0.2) is 4.79 Å². The van der Waals surface area contributed by atoms with Crippen LogP contribution >= 0.6 is 0 Å². The second kappa shape index (κ2) is 7.84. The van der Waals surface area contributed by atoms with Crippen LogP contribution in [0.2, 0.25) is 0 Å². The van der Waals surface area contributed by atoms with Gasteiger partial charge in [-0.15, -0.1) is 0 Å². The Morgan fingerprint density at radius 3 is 2.13 bits per heavy atom. The average Bonchev–Trinajstić information content (AvgIpc) is 3.31. The molecule has 1 fully saturated rings. The Labute approximate surface area is 175 Å². The number of rotatable bonds is 4. The highest BCUT2D eigenvalue weighted by Crippen LogP contribution is 2.44. The summed E-state index contributed by atoms with van der Waals surface area (Å²) in [6, 6.07) is 25.8. The lowest BCUT2D eigenvalue weighted by Crippen LogP contribution is -2.32. The van der Waals surface area contributed by atoms with Gasteiger partial charge in [0.2, 0.25) is 0 Å². The first kappa shape index (κ1) is 18.7. The van der Waals surface area contributed by atoms with Crippen molar-refractivity contribution in [2.45, 2.75) is 18.1 Å². The van der Waals surface area contributed by atoms with Gasteiger partial charge < -0.3 is 19.5 Å². The molecule has 1 saturated heterocycles. The molecule has 1 aliphatic heterocycles. The minimum atomic E-state index is -0.745. The first-order chi connectivity index (χ1) is 14.7. The van der Waals surface area contributed by atoms with E-state index in [-0.39, 0.29) is 19.1 Å². The van der Waals surface area contributed by atoms with Crippen molar-refractivity contribution in [2.75, 3.05) is 19.7 Å². The molecule has 0 saturated carbocycles. The van der Waals surface area contributed by atoms with Gasteiger partial charge in [0.05, 0.1) is 13.1 Å². The lowest BCUT2D eigenvalue weighted by atomic mass is 9.98. The van der Waals surface area contributed by atoms with Gasteiger partial charge in [0.1, 0.15) is 24.6 Å². The second-order valence-electron chi connectivity index (χ2n) is 7.75. The van der Waals surface area contributed by atoms with Gasteiger partial charge in [-0.2, -0.15) is 0 Å². The fraction of sp³-hybridized carbons (Fsp3) is 0.240. The molecule has 1 amide bonds. The van der Waals surface area contributed by atoms with Crippen molar-refractivity contribution in [1.82, 2.24) is 4.90 Å². The number of aliphatic hydroxyl groups excluding tert-OH is 1. The summed E-state index contributed by atoms with van der Waals surface area (Å²) in [4.78, 5) is 14.2. The smallest absolute Gasteiger partial charge is 0.410 e. The number of carbonyl (C=O) groups excluding carboxylic acids is 1. The highest BCUT2D eigenvalue weighted by atomic mass is 16.6. The van der Waals surface area contributed by atoms with Crippen LogP contribution in [0.4, 0.5) is 4.79 Å². The summed E-state index contributed by atoms with van der Waals surface area (Å²) in [6.07, 6.45) is -1.63. The van der Waals surface area contributed by atoms with Crippen LogP contribution in [0.15, 0.2) is 78.9 Å². The number of para-hydroxylation sites is 1. The number of hydrogen-bond donors (Lipinski definition) is 1. The number of hydrogen-bond acceptors (Lipinski definition) is 4. The zero-order chi connectivity index (χ0) is 20.5. The van der Waals surface area contributed by atoms with E-state index in [1.54, 1.807) is 0 Å². The van der Waals surface area contributed by atoms with Gasteiger partial charge in [-0.05, 0) is 34.4 Å². The summed E-state index contributed by atoms with van der Waals surface area (Å²) in [5.74, 6) is 0.696. The van der Waals surface area contributed by atoms with Crippen LogP contribution in [0.1, 0.15) is 17.0 Å². The molecule has 2 aliphatic rings. The molecule has 2 atom stereocenters. The van der Waals surface area contributed by atoms with Crippen LogP contribution in [0, 0.1) is 0 Å². The Hall–Kier alpha value is -3.31. The van der Waals surface area contributed by atoms with Gasteiger partial charge in [-0.1, -0.05) is 66.7 Å². The number of fused-ring (bicyclic) bond motifs is 3. The number of aliphatic hydroxyl groups is 1. The Kier molecular flexibility index (Phi) is 4.89. The molecule has 1 aliphatic carbocycles. The largest absolute Gasteiger partial charge is 0.486 e. The van der Waals surface area contributed by atoms with Gasteiger partial charge in [0.15, 0.2) is 0 Å². The van der Waals surface area contributed by atoms with E-state index in [0.29, 0.717) is 12.3 Å². The van der Waals surface area contributed by atoms with Gasteiger partial charge in [-0.3, -0.25) is 0 Å². The molecule has 1 heterocycles. The van der Waals surface area contributed by atoms with E-state index in [1.807, 2.05) is 54.6 Å². The monoisotopic (exact) mass is 401 g/mol. The third-order valence-electron chi connectivity index (χ3n) is 5.86. The first-order valence-electron chi connectivity index (χ1n) is 10.2. The number of carbonyl (C=O) groups is 1. The van der Waals surface area contributed by atoms with Crippen LogP contribution < -0.4 is 4.74 Å². The summed E-state index contributed by atoms with van der Waals surface area (Å²) >= 11 is 0. The molecule has 3 aromatic rings. The van der Waals surface area contributed by atoms with Crippen molar-refractivity contribution < 1.29 is 19.4 Å². The van der Waals surface area contributed by atoms with Crippen molar-refractivity contribution in [1.29, 1.82) is 0 Å². The predicted octanol–water partition coefficient (Wildman–Crippen LogP) is 4.06. The first-order valence-corrected chi connectivity index (χ1v) is 10.2. The van der Waals surface area contributed by atoms with Crippen LogP contribution in [0.3, 0.4) is 0 Å². The molecule has 0 unspecified atom stereocenters. The third kappa shape index (κ3) is 3.42. The van der Waals surface area contributed by atoms with Gasteiger partial charge in [0.25, 0.3) is 0 Å². The van der Waals surface area contributed by atoms with E-state index in [2.05, 4.69) is 24.3 Å². The van der Waals surface area contributed by atoms with E-state index in [9.17, 15) is 9.90 Å². The third-order valence-corrected chi connectivity index (χ3v) is 5.86. The van der Waals surface area contributed by atoms with Crippen LogP contribution in [0.5, 0.6) is 5.75 Å². The van der Waals surface area contributed by atoms with E-state index in [1.165, 1.54) is 27.2 Å². The van der Waals surface area contributed by atoms with Crippen LogP contribution in [0.25, 0.3) is 11.1 Å². The number of benzene rings is 3. The normalized spacial score (nSPS) is 20.0. The van der Waals surface area contributed by atoms with E-state index >= 15 is 0 Å². The molecule has 0 spiro atoms. The standard InChI is InChI=1S/C25H23NO4/c27-23-14-26(15-24(23)30-17-8-2-1-3-9-17)25(28)29-16-22-20-12-6-4-10-18(20)19-11-5-7-13-21(19)22/h1-13,22-24,27H,14-16H2/t23-,24-/m1/s1. The number of nitrogens with zero attached hydrogens (tertiary/aromatic N) is 1. The Bertz CT molecular complexity index is 1010. The Balaban J connectivity index is 1.25. The molecule has 30 heavy (non-hydrogen) atoms. The predicted molar refractivity (Wildman–Crippen MR) is 114 cm³/mol. The summed E-state index contributed by atoms with van der Waals surface area (Å²) in [6.45, 7) is 0.768. The minimum absolute atomic E-state index is 0.0187. The molecule has 1 N–H and O–H groups in total. The lowest BCUT2D eigenvalue weighted by molar-refractivity contribution is 0.0735. The molecule has 0 radical (unpaired) electrons. The van der Waals surface area contributed by atoms with Crippen molar-refractivity contribution >= 4 is 6.09 Å². The summed E-state index contributed by atoms with van der Waals surface area (Å²) in [7, 11) is 0. The number of amides is 1. The van der Waals surface area contributed by atoms with Crippen molar-refractivity contribution in [2.24, 2.45) is 0 Å². The van der Waals surface area contributed by atoms with Gasteiger partial charge in [0, 0.05) is 5.92 Å².